The van der Waals surface area contributed by atoms with Gasteiger partial charge in [-0.05, 0) is 48.4 Å². The van der Waals surface area contributed by atoms with Gasteiger partial charge in [-0.25, -0.2) is 0 Å². The molecule has 2 aromatic carbocycles. The van der Waals surface area contributed by atoms with Crippen molar-refractivity contribution in [1.29, 1.82) is 0 Å². The van der Waals surface area contributed by atoms with Crippen LogP contribution in [0, 0.1) is 6.92 Å². The Kier molecular flexibility index (Phi) is 2.56. The molecule has 0 aliphatic heterocycles. The van der Waals surface area contributed by atoms with Crippen LogP contribution < -0.4 is 5.32 Å². The molecule has 0 bridgehead atoms. The highest BCUT2D eigenvalue weighted by atomic mass is 14.8. The molecule has 0 aliphatic rings. The summed E-state index contributed by atoms with van der Waals surface area (Å²) in [5.74, 6) is 0. The fourth-order valence-electron chi connectivity index (χ4n) is 2.31. The third-order valence-corrected chi connectivity index (χ3v) is 3.24. The van der Waals surface area contributed by atoms with E-state index in [1.54, 1.807) is 0 Å². The summed E-state index contributed by atoms with van der Waals surface area (Å²) < 4.78 is 0. The lowest BCUT2D eigenvalue weighted by Crippen LogP contribution is -1.87. The second-order valence-electron chi connectivity index (χ2n) is 4.59. The van der Waals surface area contributed by atoms with Gasteiger partial charge in [0.2, 0.25) is 0 Å². The number of rotatable bonds is 2. The van der Waals surface area contributed by atoms with E-state index in [0.29, 0.717) is 0 Å². The maximum absolute atomic E-state index is 3.35. The zero-order valence-corrected chi connectivity index (χ0v) is 10.6. The second kappa shape index (κ2) is 4.22. The van der Waals surface area contributed by atoms with Crippen LogP contribution in [0.5, 0.6) is 0 Å². The standard InChI is InChI=1S/C16H16N2/c1-11-8-14-9-13(6-7-16(14)18-11)12-4-3-5-15(10-12)17-2/h3-10,17-18H,1-2H3. The molecule has 0 radical (unpaired) electrons. The molecule has 3 aromatic rings. The van der Waals surface area contributed by atoms with Crippen molar-refractivity contribution >= 4 is 16.6 Å². The van der Waals surface area contributed by atoms with Crippen LogP contribution in [0.15, 0.2) is 48.5 Å². The minimum atomic E-state index is 1.14. The molecular weight excluding hydrogens is 220 g/mol. The molecule has 90 valence electrons. The molecule has 0 atom stereocenters. The van der Waals surface area contributed by atoms with E-state index in [1.165, 1.54) is 27.7 Å². The Morgan fingerprint density at radius 3 is 2.61 bits per heavy atom. The van der Waals surface area contributed by atoms with Gasteiger partial charge in [0.1, 0.15) is 0 Å². The van der Waals surface area contributed by atoms with Crippen LogP contribution >= 0.6 is 0 Å². The first-order valence-electron chi connectivity index (χ1n) is 6.14. The number of benzene rings is 2. The van der Waals surface area contributed by atoms with Crippen LogP contribution in [0.1, 0.15) is 5.69 Å². The predicted octanol–water partition coefficient (Wildman–Crippen LogP) is 4.19. The molecule has 0 unspecified atom stereocenters. The first-order chi connectivity index (χ1) is 8.76. The van der Waals surface area contributed by atoms with Gasteiger partial charge in [-0.2, -0.15) is 0 Å². The summed E-state index contributed by atoms with van der Waals surface area (Å²) in [4.78, 5) is 3.35. The van der Waals surface area contributed by atoms with E-state index in [-0.39, 0.29) is 0 Å². The van der Waals surface area contributed by atoms with Crippen LogP contribution in [0.4, 0.5) is 5.69 Å². The smallest absolute Gasteiger partial charge is 0.0456 e. The summed E-state index contributed by atoms with van der Waals surface area (Å²) in [6.07, 6.45) is 0. The van der Waals surface area contributed by atoms with Gasteiger partial charge in [0, 0.05) is 29.3 Å². The highest BCUT2D eigenvalue weighted by Gasteiger charge is 2.02. The summed E-state index contributed by atoms with van der Waals surface area (Å²) >= 11 is 0. The Balaban J connectivity index is 2.12. The van der Waals surface area contributed by atoms with Crippen molar-refractivity contribution in [2.75, 3.05) is 12.4 Å². The molecule has 18 heavy (non-hydrogen) atoms. The number of hydrogen-bond donors (Lipinski definition) is 2. The van der Waals surface area contributed by atoms with Crippen molar-refractivity contribution in [1.82, 2.24) is 4.98 Å². The summed E-state index contributed by atoms with van der Waals surface area (Å²) in [5.41, 5.74) is 6.02. The lowest BCUT2D eigenvalue weighted by atomic mass is 10.0. The molecule has 0 aliphatic carbocycles. The van der Waals surface area contributed by atoms with Gasteiger partial charge in [0.25, 0.3) is 0 Å². The first kappa shape index (κ1) is 10.9. The minimum absolute atomic E-state index is 1.14. The third-order valence-electron chi connectivity index (χ3n) is 3.24. The Morgan fingerprint density at radius 2 is 1.78 bits per heavy atom. The van der Waals surface area contributed by atoms with Crippen molar-refractivity contribution < 1.29 is 0 Å². The van der Waals surface area contributed by atoms with Crippen LogP contribution in [-0.4, -0.2) is 12.0 Å². The Morgan fingerprint density at radius 1 is 0.944 bits per heavy atom. The number of H-pyrrole nitrogens is 1. The van der Waals surface area contributed by atoms with Gasteiger partial charge in [-0.1, -0.05) is 18.2 Å². The molecule has 1 aromatic heterocycles. The maximum Gasteiger partial charge on any atom is 0.0456 e. The van der Waals surface area contributed by atoms with Crippen molar-refractivity contribution in [2.24, 2.45) is 0 Å². The lowest BCUT2D eigenvalue weighted by Gasteiger charge is -2.05. The molecule has 2 N–H and O–H groups in total. The second-order valence-corrected chi connectivity index (χ2v) is 4.59. The van der Waals surface area contributed by atoms with Gasteiger partial charge in [-0.3, -0.25) is 0 Å². The van der Waals surface area contributed by atoms with Crippen LogP contribution in [-0.2, 0) is 0 Å². The van der Waals surface area contributed by atoms with Crippen LogP contribution in [0.3, 0.4) is 0 Å². The minimum Gasteiger partial charge on any atom is -0.388 e. The van der Waals surface area contributed by atoms with E-state index < -0.39 is 0 Å². The SMILES string of the molecule is CNc1cccc(-c2ccc3[nH]c(C)cc3c2)c1. The molecule has 0 spiro atoms. The largest absolute Gasteiger partial charge is 0.388 e. The Hall–Kier alpha value is -2.22. The molecular formula is C16H16N2. The Labute approximate surface area is 107 Å². The quantitative estimate of drug-likeness (QED) is 0.686. The number of anilines is 1. The zero-order chi connectivity index (χ0) is 12.5. The van der Waals surface area contributed by atoms with E-state index in [4.69, 9.17) is 0 Å². The number of aromatic amines is 1. The van der Waals surface area contributed by atoms with Gasteiger partial charge >= 0.3 is 0 Å². The third kappa shape index (κ3) is 1.86. The number of fused-ring (bicyclic) bond motifs is 1. The van der Waals surface area contributed by atoms with Gasteiger partial charge in [0.05, 0.1) is 0 Å². The molecule has 0 amide bonds. The zero-order valence-electron chi connectivity index (χ0n) is 10.6. The Bertz CT molecular complexity index is 695. The highest BCUT2D eigenvalue weighted by molar-refractivity contribution is 5.86. The van der Waals surface area contributed by atoms with Gasteiger partial charge < -0.3 is 10.3 Å². The molecule has 2 heteroatoms. The van der Waals surface area contributed by atoms with Crippen LogP contribution in [0.25, 0.3) is 22.0 Å². The van der Waals surface area contributed by atoms with E-state index in [1.807, 2.05) is 7.05 Å². The summed E-state index contributed by atoms with van der Waals surface area (Å²) in [5, 5.41) is 4.44. The molecule has 1 heterocycles. The summed E-state index contributed by atoms with van der Waals surface area (Å²) in [6, 6.07) is 17.2. The maximum atomic E-state index is 3.35. The normalized spacial score (nSPS) is 10.8. The van der Waals surface area contributed by atoms with Crippen molar-refractivity contribution in [3.05, 3.63) is 54.2 Å². The van der Waals surface area contributed by atoms with Crippen molar-refractivity contribution in [3.63, 3.8) is 0 Å². The number of hydrogen-bond acceptors (Lipinski definition) is 1. The molecule has 0 fully saturated rings. The topological polar surface area (TPSA) is 27.8 Å². The average molecular weight is 236 g/mol. The predicted molar refractivity (Wildman–Crippen MR) is 78.0 cm³/mol. The van der Waals surface area contributed by atoms with Crippen molar-refractivity contribution in [3.8, 4) is 11.1 Å². The number of aryl methyl sites for hydroxylation is 1. The average Bonchev–Trinajstić information content (AvgIpc) is 2.77. The van der Waals surface area contributed by atoms with E-state index in [9.17, 15) is 0 Å². The molecule has 2 nitrogen and oxygen atoms in total. The monoisotopic (exact) mass is 236 g/mol. The highest BCUT2D eigenvalue weighted by Crippen LogP contribution is 2.26. The summed E-state index contributed by atoms with van der Waals surface area (Å²) in [6.45, 7) is 2.08. The van der Waals surface area contributed by atoms with Gasteiger partial charge in [0.15, 0.2) is 0 Å². The van der Waals surface area contributed by atoms with Gasteiger partial charge in [-0.15, -0.1) is 0 Å². The molecule has 3 rings (SSSR count). The lowest BCUT2D eigenvalue weighted by molar-refractivity contribution is 1.30. The summed E-state index contributed by atoms with van der Waals surface area (Å²) in [7, 11) is 1.94. The molecule has 0 saturated carbocycles. The van der Waals surface area contributed by atoms with Crippen LogP contribution in [0.2, 0.25) is 0 Å². The number of aromatic nitrogens is 1. The van der Waals surface area contributed by atoms with E-state index >= 15 is 0 Å². The fourth-order valence-corrected chi connectivity index (χ4v) is 2.31. The number of nitrogens with one attached hydrogen (secondary N) is 2. The molecule has 0 saturated heterocycles. The van der Waals surface area contributed by atoms with E-state index in [0.717, 1.165) is 5.69 Å². The first-order valence-corrected chi connectivity index (χ1v) is 6.14. The van der Waals surface area contributed by atoms with E-state index in [2.05, 4.69) is 65.8 Å². The van der Waals surface area contributed by atoms with Crippen molar-refractivity contribution in [2.45, 2.75) is 6.92 Å². The fraction of sp³-hybridized carbons (Fsp3) is 0.125.